The lowest BCUT2D eigenvalue weighted by molar-refractivity contribution is -0.122. The maximum Gasteiger partial charge on any atom is 0.266 e. The molecule has 0 saturated carbocycles. The molecule has 1 aliphatic rings. The number of unbranched alkanes of at least 4 members (excludes halogenated alkanes) is 1. The Morgan fingerprint density at radius 2 is 1.68 bits per heavy atom. The second kappa shape index (κ2) is 12.2. The second-order valence-corrected chi connectivity index (χ2v) is 10.7. The van der Waals surface area contributed by atoms with Gasteiger partial charge < -0.3 is 4.74 Å². The minimum absolute atomic E-state index is 0.0611. The SMILES string of the molecule is CCCCOc1ccc(-c2nn(-c3ccccc3)cc2/C=C2\SC(=S)N(CCc3ccccc3)C2=O)cc1. The van der Waals surface area contributed by atoms with Crippen LogP contribution in [0.4, 0.5) is 0 Å². The Kier molecular flexibility index (Phi) is 8.36. The fraction of sp³-hybridized carbons (Fsp3) is 0.194. The fourth-order valence-corrected chi connectivity index (χ4v) is 5.49. The van der Waals surface area contributed by atoms with E-state index in [0.29, 0.717) is 22.4 Å². The van der Waals surface area contributed by atoms with E-state index in [1.807, 2.05) is 89.8 Å². The molecule has 1 amide bonds. The van der Waals surface area contributed by atoms with E-state index in [1.165, 1.54) is 17.3 Å². The van der Waals surface area contributed by atoms with Gasteiger partial charge >= 0.3 is 0 Å². The minimum Gasteiger partial charge on any atom is -0.494 e. The predicted octanol–water partition coefficient (Wildman–Crippen LogP) is 7.16. The van der Waals surface area contributed by atoms with Gasteiger partial charge in [0.15, 0.2) is 0 Å². The van der Waals surface area contributed by atoms with Crippen LogP contribution in [0.5, 0.6) is 5.75 Å². The molecule has 192 valence electrons. The van der Waals surface area contributed by atoms with Crippen LogP contribution in [0.25, 0.3) is 23.0 Å². The van der Waals surface area contributed by atoms with E-state index < -0.39 is 0 Å². The van der Waals surface area contributed by atoms with Crippen LogP contribution in [0.15, 0.2) is 96.0 Å². The Morgan fingerprint density at radius 1 is 0.974 bits per heavy atom. The molecule has 2 heterocycles. The number of aromatic nitrogens is 2. The molecule has 0 N–H and O–H groups in total. The van der Waals surface area contributed by atoms with Crippen molar-refractivity contribution in [2.24, 2.45) is 0 Å². The molecule has 0 bridgehead atoms. The van der Waals surface area contributed by atoms with Crippen molar-refractivity contribution in [2.75, 3.05) is 13.2 Å². The highest BCUT2D eigenvalue weighted by Gasteiger charge is 2.32. The smallest absolute Gasteiger partial charge is 0.266 e. The molecular formula is C31H29N3O2S2. The molecule has 7 heteroatoms. The second-order valence-electron chi connectivity index (χ2n) is 9.01. The number of rotatable bonds is 10. The molecule has 0 aliphatic carbocycles. The van der Waals surface area contributed by atoms with Gasteiger partial charge in [0.05, 0.1) is 22.9 Å². The van der Waals surface area contributed by atoms with Crippen molar-refractivity contribution in [3.05, 3.63) is 107 Å². The van der Waals surface area contributed by atoms with Crippen molar-refractivity contribution in [3.8, 4) is 22.7 Å². The molecule has 38 heavy (non-hydrogen) atoms. The standard InChI is InChI=1S/C31H29N3O2S2/c1-2-3-20-36-27-16-14-24(15-17-27)29-25(22-34(32-29)26-12-8-5-9-13-26)21-28-30(35)33(31(37)38-28)19-18-23-10-6-4-7-11-23/h4-17,21-22H,2-3,18-20H2,1H3/b28-21-. The molecule has 0 spiro atoms. The summed E-state index contributed by atoms with van der Waals surface area (Å²) in [6, 6.07) is 28.1. The average Bonchev–Trinajstić information content (AvgIpc) is 3.49. The third-order valence-electron chi connectivity index (χ3n) is 6.28. The molecule has 1 aromatic heterocycles. The molecule has 0 unspecified atom stereocenters. The molecular weight excluding hydrogens is 510 g/mol. The number of hydrogen-bond donors (Lipinski definition) is 0. The van der Waals surface area contributed by atoms with Gasteiger partial charge in [-0.3, -0.25) is 9.69 Å². The quantitative estimate of drug-likeness (QED) is 0.122. The van der Waals surface area contributed by atoms with Crippen molar-refractivity contribution in [2.45, 2.75) is 26.2 Å². The van der Waals surface area contributed by atoms with E-state index >= 15 is 0 Å². The van der Waals surface area contributed by atoms with Crippen LogP contribution in [0.2, 0.25) is 0 Å². The average molecular weight is 540 g/mol. The topological polar surface area (TPSA) is 47.4 Å². The van der Waals surface area contributed by atoms with Crippen LogP contribution in [0.3, 0.4) is 0 Å². The lowest BCUT2D eigenvalue weighted by Gasteiger charge is -2.14. The van der Waals surface area contributed by atoms with Gasteiger partial charge in [-0.05, 0) is 60.9 Å². The number of ether oxygens (including phenoxy) is 1. The zero-order chi connectivity index (χ0) is 26.3. The Labute approximate surface area is 233 Å². The first kappa shape index (κ1) is 25.9. The summed E-state index contributed by atoms with van der Waals surface area (Å²) in [5.74, 6) is 0.777. The van der Waals surface area contributed by atoms with E-state index in [1.54, 1.807) is 4.90 Å². The zero-order valence-electron chi connectivity index (χ0n) is 21.2. The van der Waals surface area contributed by atoms with Crippen LogP contribution in [-0.2, 0) is 11.2 Å². The normalized spacial score (nSPS) is 14.4. The summed E-state index contributed by atoms with van der Waals surface area (Å²) in [5, 5.41) is 4.90. The van der Waals surface area contributed by atoms with Gasteiger partial charge in [-0.15, -0.1) is 0 Å². The van der Waals surface area contributed by atoms with Gasteiger partial charge in [0.2, 0.25) is 0 Å². The molecule has 5 nitrogen and oxygen atoms in total. The maximum atomic E-state index is 13.3. The third-order valence-corrected chi connectivity index (χ3v) is 7.66. The maximum absolute atomic E-state index is 13.3. The summed E-state index contributed by atoms with van der Waals surface area (Å²) in [6.07, 6.45) is 6.75. The van der Waals surface area contributed by atoms with Gasteiger partial charge in [-0.2, -0.15) is 5.10 Å². The predicted molar refractivity (Wildman–Crippen MR) is 159 cm³/mol. The van der Waals surface area contributed by atoms with Gasteiger partial charge in [0.1, 0.15) is 10.1 Å². The molecule has 1 saturated heterocycles. The Balaban J connectivity index is 1.43. The van der Waals surface area contributed by atoms with Crippen molar-refractivity contribution in [1.82, 2.24) is 14.7 Å². The van der Waals surface area contributed by atoms with Crippen LogP contribution in [0.1, 0.15) is 30.9 Å². The Hall–Kier alpha value is -3.68. The van der Waals surface area contributed by atoms with Crippen molar-refractivity contribution in [1.29, 1.82) is 0 Å². The number of carbonyl (C=O) groups excluding carboxylic acids is 1. The number of carbonyl (C=O) groups is 1. The van der Waals surface area contributed by atoms with Gasteiger partial charge in [0, 0.05) is 23.9 Å². The third kappa shape index (κ3) is 6.06. The molecule has 5 rings (SSSR count). The highest BCUT2D eigenvalue weighted by Crippen LogP contribution is 2.35. The highest BCUT2D eigenvalue weighted by atomic mass is 32.2. The zero-order valence-corrected chi connectivity index (χ0v) is 22.9. The van der Waals surface area contributed by atoms with E-state index in [0.717, 1.165) is 47.5 Å². The summed E-state index contributed by atoms with van der Waals surface area (Å²) < 4.78 is 8.27. The van der Waals surface area contributed by atoms with Gasteiger partial charge in [-0.25, -0.2) is 4.68 Å². The first-order chi connectivity index (χ1) is 18.6. The molecule has 3 aromatic carbocycles. The molecule has 4 aromatic rings. The van der Waals surface area contributed by atoms with E-state index in [-0.39, 0.29) is 5.91 Å². The first-order valence-electron chi connectivity index (χ1n) is 12.8. The molecule has 0 radical (unpaired) electrons. The van der Waals surface area contributed by atoms with E-state index in [4.69, 9.17) is 22.1 Å². The molecule has 0 atom stereocenters. The Bertz CT molecular complexity index is 1430. The fourth-order valence-electron chi connectivity index (χ4n) is 4.19. The largest absolute Gasteiger partial charge is 0.494 e. The van der Waals surface area contributed by atoms with Gasteiger partial charge in [0.25, 0.3) is 5.91 Å². The minimum atomic E-state index is -0.0611. The lowest BCUT2D eigenvalue weighted by atomic mass is 10.1. The van der Waals surface area contributed by atoms with Crippen LogP contribution in [0, 0.1) is 0 Å². The number of hydrogen-bond acceptors (Lipinski definition) is 5. The summed E-state index contributed by atoms with van der Waals surface area (Å²) in [6.45, 7) is 3.41. The van der Waals surface area contributed by atoms with Crippen LogP contribution >= 0.6 is 24.0 Å². The number of thiocarbonyl (C=S) groups is 1. The number of benzene rings is 3. The van der Waals surface area contributed by atoms with Crippen LogP contribution < -0.4 is 4.74 Å². The summed E-state index contributed by atoms with van der Waals surface area (Å²) in [4.78, 5) is 15.6. The van der Waals surface area contributed by atoms with E-state index in [2.05, 4.69) is 19.1 Å². The monoisotopic (exact) mass is 539 g/mol. The Morgan fingerprint density at radius 3 is 2.39 bits per heavy atom. The number of para-hydroxylation sites is 1. The van der Waals surface area contributed by atoms with Crippen molar-refractivity contribution in [3.63, 3.8) is 0 Å². The molecule has 1 aliphatic heterocycles. The summed E-state index contributed by atoms with van der Waals surface area (Å²) in [5.41, 5.74) is 4.73. The molecule has 1 fully saturated rings. The number of nitrogens with zero attached hydrogens (tertiary/aromatic N) is 3. The lowest BCUT2D eigenvalue weighted by Crippen LogP contribution is -2.30. The van der Waals surface area contributed by atoms with Crippen molar-refractivity contribution < 1.29 is 9.53 Å². The number of amides is 1. The highest BCUT2D eigenvalue weighted by molar-refractivity contribution is 8.26. The van der Waals surface area contributed by atoms with E-state index in [9.17, 15) is 4.79 Å². The van der Waals surface area contributed by atoms with Crippen molar-refractivity contribution >= 4 is 40.3 Å². The van der Waals surface area contributed by atoms with Gasteiger partial charge in [-0.1, -0.05) is 85.9 Å². The summed E-state index contributed by atoms with van der Waals surface area (Å²) >= 11 is 6.93. The first-order valence-corrected chi connectivity index (χ1v) is 14.0. The van der Waals surface area contributed by atoms with Crippen LogP contribution in [-0.4, -0.2) is 38.1 Å². The summed E-state index contributed by atoms with van der Waals surface area (Å²) in [7, 11) is 0. The number of thioether (sulfide) groups is 1.